The lowest BCUT2D eigenvalue weighted by atomic mass is 9.78. The van der Waals surface area contributed by atoms with Crippen molar-refractivity contribution in [3.8, 4) is 5.69 Å². The molecule has 2 atom stereocenters. The van der Waals surface area contributed by atoms with Crippen LogP contribution in [0.2, 0.25) is 0 Å². The molecule has 2 aromatic rings. The Morgan fingerprint density at radius 2 is 1.82 bits per heavy atom. The van der Waals surface area contributed by atoms with Crippen molar-refractivity contribution in [2.75, 3.05) is 12.3 Å². The first-order valence-corrected chi connectivity index (χ1v) is 11.7. The molecule has 3 fully saturated rings. The number of para-hydroxylation sites is 1. The average Bonchev–Trinajstić information content (AvgIpc) is 3.51. The van der Waals surface area contributed by atoms with Crippen LogP contribution in [0.15, 0.2) is 35.5 Å². The van der Waals surface area contributed by atoms with Gasteiger partial charge in [-0.2, -0.15) is 0 Å². The molecule has 2 unspecified atom stereocenters. The van der Waals surface area contributed by atoms with Crippen molar-refractivity contribution in [2.45, 2.75) is 68.5 Å². The highest BCUT2D eigenvalue weighted by Gasteiger charge is 2.36. The maximum Gasteiger partial charge on any atom is 0.233 e. The van der Waals surface area contributed by atoms with Gasteiger partial charge in [0.15, 0.2) is 0 Å². The highest BCUT2D eigenvalue weighted by atomic mass is 32.2. The predicted molar refractivity (Wildman–Crippen MR) is 111 cm³/mol. The van der Waals surface area contributed by atoms with E-state index in [0.717, 1.165) is 35.6 Å². The van der Waals surface area contributed by atoms with E-state index in [9.17, 15) is 4.79 Å². The second-order valence-electron chi connectivity index (χ2n) is 8.40. The van der Waals surface area contributed by atoms with Gasteiger partial charge in [0.25, 0.3) is 0 Å². The minimum Gasteiger partial charge on any atom is -0.339 e. The van der Waals surface area contributed by atoms with Gasteiger partial charge in [-0.25, -0.2) is 9.67 Å². The summed E-state index contributed by atoms with van der Waals surface area (Å²) in [6, 6.07) is 10.7. The summed E-state index contributed by atoms with van der Waals surface area (Å²) in [5, 5.41) is 5.47. The Morgan fingerprint density at radius 1 is 1.04 bits per heavy atom. The molecule has 2 heterocycles. The third-order valence-corrected chi connectivity index (χ3v) is 7.27. The summed E-state index contributed by atoms with van der Waals surface area (Å²) in [5.74, 6) is 3.01. The molecule has 1 saturated heterocycles. The summed E-state index contributed by atoms with van der Waals surface area (Å²) in [6.07, 6.45) is 9.92. The zero-order valence-electron chi connectivity index (χ0n) is 16.3. The van der Waals surface area contributed by atoms with Crippen molar-refractivity contribution >= 4 is 17.7 Å². The zero-order chi connectivity index (χ0) is 18.9. The monoisotopic (exact) mass is 396 g/mol. The lowest BCUT2D eigenvalue weighted by Crippen LogP contribution is -2.50. The van der Waals surface area contributed by atoms with Crippen LogP contribution in [0, 0.1) is 5.92 Å². The van der Waals surface area contributed by atoms with Crippen LogP contribution >= 0.6 is 11.8 Å². The lowest BCUT2D eigenvalue weighted by molar-refractivity contribution is -0.134. The van der Waals surface area contributed by atoms with Crippen LogP contribution in [0.25, 0.3) is 5.69 Å². The first-order chi connectivity index (χ1) is 13.8. The van der Waals surface area contributed by atoms with Crippen LogP contribution in [0.4, 0.5) is 0 Å². The molecule has 0 spiro atoms. The fourth-order valence-electron chi connectivity index (χ4n) is 4.87. The molecule has 6 heteroatoms. The Labute approximate surface area is 170 Å². The number of amides is 1. The largest absolute Gasteiger partial charge is 0.339 e. The summed E-state index contributed by atoms with van der Waals surface area (Å²) >= 11 is 1.50. The van der Waals surface area contributed by atoms with Gasteiger partial charge in [-0.15, -0.1) is 5.10 Å². The van der Waals surface area contributed by atoms with E-state index in [4.69, 9.17) is 10.1 Å². The second-order valence-corrected chi connectivity index (χ2v) is 9.35. The van der Waals surface area contributed by atoms with Gasteiger partial charge in [0.05, 0.1) is 11.4 Å². The molecule has 1 aromatic carbocycles. The van der Waals surface area contributed by atoms with Crippen molar-refractivity contribution in [3.05, 3.63) is 36.2 Å². The molecule has 1 aliphatic heterocycles. The fourth-order valence-corrected chi connectivity index (χ4v) is 5.59. The maximum atomic E-state index is 13.0. The number of piperidine rings is 1. The third kappa shape index (κ3) is 3.71. The van der Waals surface area contributed by atoms with Crippen LogP contribution in [0.3, 0.4) is 0 Å². The summed E-state index contributed by atoms with van der Waals surface area (Å²) in [7, 11) is 0. The number of carbonyl (C=O) groups is 1. The molecule has 1 aromatic heterocycles. The molecular formula is C22H28N4OS. The summed E-state index contributed by atoms with van der Waals surface area (Å²) in [6.45, 7) is 0.930. The number of fused-ring (bicyclic) bond motifs is 1. The van der Waals surface area contributed by atoms with E-state index in [0.29, 0.717) is 17.7 Å². The van der Waals surface area contributed by atoms with Crippen LogP contribution in [-0.4, -0.2) is 43.9 Å². The van der Waals surface area contributed by atoms with Crippen LogP contribution < -0.4 is 0 Å². The molecule has 5 rings (SSSR count). The third-order valence-electron chi connectivity index (χ3n) is 6.44. The van der Waals surface area contributed by atoms with Gasteiger partial charge in [-0.05, 0) is 56.6 Å². The first-order valence-electron chi connectivity index (χ1n) is 10.7. The van der Waals surface area contributed by atoms with Crippen LogP contribution in [0.1, 0.15) is 63.1 Å². The maximum absolute atomic E-state index is 13.0. The van der Waals surface area contributed by atoms with Gasteiger partial charge in [0.2, 0.25) is 11.1 Å². The number of carbonyl (C=O) groups excluding carboxylic acids is 1. The minimum atomic E-state index is 0.269. The number of thioether (sulfide) groups is 1. The molecule has 5 nitrogen and oxygen atoms in total. The van der Waals surface area contributed by atoms with Gasteiger partial charge >= 0.3 is 0 Å². The van der Waals surface area contributed by atoms with Crippen LogP contribution in [-0.2, 0) is 4.79 Å². The van der Waals surface area contributed by atoms with E-state index >= 15 is 0 Å². The highest BCUT2D eigenvalue weighted by molar-refractivity contribution is 7.99. The first kappa shape index (κ1) is 18.2. The van der Waals surface area contributed by atoms with E-state index < -0.39 is 0 Å². The van der Waals surface area contributed by atoms with Crippen molar-refractivity contribution < 1.29 is 4.79 Å². The van der Waals surface area contributed by atoms with Crippen molar-refractivity contribution in [2.24, 2.45) is 5.92 Å². The molecule has 2 saturated carbocycles. The van der Waals surface area contributed by atoms with E-state index in [2.05, 4.69) is 17.0 Å². The van der Waals surface area contributed by atoms with E-state index in [1.165, 1.54) is 56.7 Å². The molecule has 0 radical (unpaired) electrons. The molecular weight excluding hydrogens is 368 g/mol. The highest BCUT2D eigenvalue weighted by Crippen LogP contribution is 2.40. The van der Waals surface area contributed by atoms with E-state index in [-0.39, 0.29) is 5.91 Å². The van der Waals surface area contributed by atoms with Gasteiger partial charge in [-0.3, -0.25) is 4.79 Å². The Hall–Kier alpha value is -1.82. The van der Waals surface area contributed by atoms with Crippen molar-refractivity contribution in [3.63, 3.8) is 0 Å². The van der Waals surface area contributed by atoms with Gasteiger partial charge in [0.1, 0.15) is 5.82 Å². The molecule has 2 aliphatic carbocycles. The molecule has 3 aliphatic rings. The standard InChI is InChI=1S/C22H28N4OS/c27-20(25-14-6-8-16-7-4-5-11-19(16)25)15-28-22-23-21(17-12-13-17)26(24-22)18-9-2-1-3-10-18/h1-3,9-10,16-17,19H,4-8,11-15H2. The number of aromatic nitrogens is 3. The average molecular weight is 397 g/mol. The van der Waals surface area contributed by atoms with Gasteiger partial charge < -0.3 is 4.90 Å². The topological polar surface area (TPSA) is 51.0 Å². The Bertz CT molecular complexity index is 830. The Morgan fingerprint density at radius 3 is 2.64 bits per heavy atom. The molecule has 28 heavy (non-hydrogen) atoms. The zero-order valence-corrected chi connectivity index (χ0v) is 17.1. The minimum absolute atomic E-state index is 0.269. The van der Waals surface area contributed by atoms with E-state index in [1.54, 1.807) is 0 Å². The molecule has 148 valence electrons. The number of hydrogen-bond donors (Lipinski definition) is 0. The fraction of sp³-hybridized carbons (Fsp3) is 0.591. The summed E-state index contributed by atoms with van der Waals surface area (Å²) < 4.78 is 1.97. The summed E-state index contributed by atoms with van der Waals surface area (Å²) in [4.78, 5) is 19.9. The predicted octanol–water partition coefficient (Wildman–Crippen LogP) is 4.42. The van der Waals surface area contributed by atoms with E-state index in [1.807, 2.05) is 22.9 Å². The quantitative estimate of drug-likeness (QED) is 0.702. The van der Waals surface area contributed by atoms with Gasteiger partial charge in [-0.1, -0.05) is 42.8 Å². The summed E-state index contributed by atoms with van der Waals surface area (Å²) in [5.41, 5.74) is 1.05. The Balaban J connectivity index is 1.28. The number of rotatable bonds is 5. The van der Waals surface area contributed by atoms with Crippen molar-refractivity contribution in [1.29, 1.82) is 0 Å². The Kier molecular flexibility index (Phi) is 5.14. The number of nitrogens with zero attached hydrogens (tertiary/aromatic N) is 4. The number of benzene rings is 1. The molecule has 0 bridgehead atoms. The number of hydrogen-bond acceptors (Lipinski definition) is 4. The molecule has 0 N–H and O–H groups in total. The lowest BCUT2D eigenvalue weighted by Gasteiger charge is -2.44. The van der Waals surface area contributed by atoms with Crippen molar-refractivity contribution in [1.82, 2.24) is 19.7 Å². The SMILES string of the molecule is O=C(CSc1nc(C2CC2)n(-c2ccccc2)n1)N1CCCC2CCCCC21. The molecule has 1 amide bonds. The van der Waals surface area contributed by atoms with Crippen LogP contribution in [0.5, 0.6) is 0 Å². The second kappa shape index (κ2) is 7.90. The normalized spacial score (nSPS) is 24.8. The smallest absolute Gasteiger partial charge is 0.233 e. The van der Waals surface area contributed by atoms with Gasteiger partial charge in [0, 0.05) is 18.5 Å². The number of likely N-dealkylation sites (tertiary alicyclic amines) is 1.